The molecule has 1 N–H and O–H groups in total. The van der Waals surface area contributed by atoms with Crippen molar-refractivity contribution in [1.29, 1.82) is 0 Å². The highest BCUT2D eigenvalue weighted by atomic mass is 16.5. The summed E-state index contributed by atoms with van der Waals surface area (Å²) in [5.74, 6) is 0.337. The molecule has 0 spiro atoms. The number of nitrogens with zero attached hydrogens (tertiary/aromatic N) is 3. The molecule has 3 aromatic heterocycles. The highest BCUT2D eigenvalue weighted by molar-refractivity contribution is 6.06. The Labute approximate surface area is 165 Å². The van der Waals surface area contributed by atoms with Gasteiger partial charge in [-0.25, -0.2) is 9.78 Å². The van der Waals surface area contributed by atoms with Crippen LogP contribution in [0.25, 0.3) is 22.2 Å². The SMILES string of the molecule is CCC(C1CCCC1)n1cc(-c2c(C(=O)OC(C)C)cnc3[nH]ccc23)cn1. The largest absolute Gasteiger partial charge is 0.459 e. The van der Waals surface area contributed by atoms with Crippen molar-refractivity contribution in [2.75, 3.05) is 0 Å². The average Bonchev–Trinajstić information content (AvgIpc) is 3.42. The zero-order chi connectivity index (χ0) is 19.7. The number of nitrogens with one attached hydrogen (secondary N) is 1. The number of carbonyl (C=O) groups excluding carboxylic acids is 1. The van der Waals surface area contributed by atoms with Crippen molar-refractivity contribution in [2.24, 2.45) is 5.92 Å². The van der Waals surface area contributed by atoms with Gasteiger partial charge in [0.15, 0.2) is 0 Å². The summed E-state index contributed by atoms with van der Waals surface area (Å²) in [6.45, 7) is 5.93. The minimum atomic E-state index is -0.351. The van der Waals surface area contributed by atoms with Gasteiger partial charge >= 0.3 is 5.97 Å². The molecule has 148 valence electrons. The number of pyridine rings is 1. The topological polar surface area (TPSA) is 72.8 Å². The smallest absolute Gasteiger partial charge is 0.340 e. The van der Waals surface area contributed by atoms with E-state index in [4.69, 9.17) is 9.84 Å². The lowest BCUT2D eigenvalue weighted by Gasteiger charge is -2.22. The number of hydrogen-bond acceptors (Lipinski definition) is 4. The summed E-state index contributed by atoms with van der Waals surface area (Å²) >= 11 is 0. The summed E-state index contributed by atoms with van der Waals surface area (Å²) in [5, 5.41) is 5.60. The molecule has 3 aromatic rings. The Morgan fingerprint density at radius 1 is 1.32 bits per heavy atom. The van der Waals surface area contributed by atoms with Crippen LogP contribution in [0.5, 0.6) is 0 Å². The first kappa shape index (κ1) is 18.7. The quantitative estimate of drug-likeness (QED) is 0.602. The Morgan fingerprint density at radius 2 is 2.11 bits per heavy atom. The lowest BCUT2D eigenvalue weighted by molar-refractivity contribution is 0.0378. The molecule has 0 bridgehead atoms. The fourth-order valence-electron chi connectivity index (χ4n) is 4.48. The van der Waals surface area contributed by atoms with Crippen molar-refractivity contribution in [3.63, 3.8) is 0 Å². The van der Waals surface area contributed by atoms with E-state index >= 15 is 0 Å². The lowest BCUT2D eigenvalue weighted by Crippen LogP contribution is -2.17. The molecule has 4 rings (SSSR count). The number of aromatic nitrogens is 4. The van der Waals surface area contributed by atoms with Crippen LogP contribution in [0.15, 0.2) is 30.9 Å². The van der Waals surface area contributed by atoms with E-state index in [2.05, 4.69) is 27.8 Å². The molecule has 0 aliphatic heterocycles. The maximum Gasteiger partial charge on any atom is 0.340 e. The van der Waals surface area contributed by atoms with E-state index in [9.17, 15) is 4.79 Å². The van der Waals surface area contributed by atoms with Gasteiger partial charge in [-0.2, -0.15) is 5.10 Å². The minimum absolute atomic E-state index is 0.183. The van der Waals surface area contributed by atoms with Gasteiger partial charge in [-0.3, -0.25) is 4.68 Å². The molecule has 1 saturated carbocycles. The van der Waals surface area contributed by atoms with Gasteiger partial charge in [0.25, 0.3) is 0 Å². The number of rotatable bonds is 6. The molecule has 6 heteroatoms. The van der Waals surface area contributed by atoms with Crippen molar-refractivity contribution in [2.45, 2.75) is 65.0 Å². The van der Waals surface area contributed by atoms with E-state index in [0.717, 1.165) is 28.6 Å². The Bertz CT molecular complexity index is 966. The monoisotopic (exact) mass is 380 g/mol. The van der Waals surface area contributed by atoms with E-state index < -0.39 is 0 Å². The van der Waals surface area contributed by atoms with Gasteiger partial charge in [-0.05, 0) is 45.1 Å². The summed E-state index contributed by atoms with van der Waals surface area (Å²) in [6, 6.07) is 2.36. The molecule has 6 nitrogen and oxygen atoms in total. The number of hydrogen-bond donors (Lipinski definition) is 1. The summed E-state index contributed by atoms with van der Waals surface area (Å²) in [5.41, 5.74) is 3.00. The van der Waals surface area contributed by atoms with E-state index in [1.54, 1.807) is 6.20 Å². The summed E-state index contributed by atoms with van der Waals surface area (Å²) in [4.78, 5) is 20.2. The minimum Gasteiger partial charge on any atom is -0.459 e. The predicted molar refractivity (Wildman–Crippen MR) is 109 cm³/mol. The number of esters is 1. The van der Waals surface area contributed by atoms with Crippen LogP contribution in [0.3, 0.4) is 0 Å². The van der Waals surface area contributed by atoms with E-state index in [-0.39, 0.29) is 12.1 Å². The number of carbonyl (C=O) groups is 1. The highest BCUT2D eigenvalue weighted by Gasteiger charge is 2.27. The van der Waals surface area contributed by atoms with Crippen LogP contribution in [-0.4, -0.2) is 31.8 Å². The van der Waals surface area contributed by atoms with Gasteiger partial charge in [0.2, 0.25) is 0 Å². The molecule has 1 aliphatic rings. The zero-order valence-corrected chi connectivity index (χ0v) is 16.8. The van der Waals surface area contributed by atoms with Crippen LogP contribution >= 0.6 is 0 Å². The molecular weight excluding hydrogens is 352 g/mol. The number of aromatic amines is 1. The molecule has 1 atom stereocenters. The Morgan fingerprint density at radius 3 is 2.82 bits per heavy atom. The van der Waals surface area contributed by atoms with E-state index in [1.807, 2.05) is 32.3 Å². The second kappa shape index (κ2) is 7.78. The molecule has 0 saturated heterocycles. The van der Waals surface area contributed by atoms with Crippen LogP contribution < -0.4 is 0 Å². The summed E-state index contributed by atoms with van der Waals surface area (Å²) < 4.78 is 7.56. The first-order valence-electron chi connectivity index (χ1n) is 10.3. The van der Waals surface area contributed by atoms with Crippen LogP contribution in [0, 0.1) is 5.92 Å². The third kappa shape index (κ3) is 3.43. The van der Waals surface area contributed by atoms with Gasteiger partial charge in [0.1, 0.15) is 5.65 Å². The fourth-order valence-corrected chi connectivity index (χ4v) is 4.48. The van der Waals surface area contributed by atoms with Crippen molar-refractivity contribution in [3.8, 4) is 11.1 Å². The normalized spacial score (nSPS) is 16.1. The maximum absolute atomic E-state index is 12.7. The van der Waals surface area contributed by atoms with Crippen LogP contribution in [0.4, 0.5) is 0 Å². The number of ether oxygens (including phenoxy) is 1. The second-order valence-electron chi connectivity index (χ2n) is 7.97. The first-order valence-corrected chi connectivity index (χ1v) is 10.3. The Kier molecular flexibility index (Phi) is 5.20. The molecule has 1 fully saturated rings. The lowest BCUT2D eigenvalue weighted by atomic mass is 9.96. The number of fused-ring (bicyclic) bond motifs is 1. The summed E-state index contributed by atoms with van der Waals surface area (Å²) in [7, 11) is 0. The third-order valence-corrected chi connectivity index (χ3v) is 5.74. The maximum atomic E-state index is 12.7. The first-order chi connectivity index (χ1) is 13.6. The predicted octanol–water partition coefficient (Wildman–Crippen LogP) is 5.13. The van der Waals surface area contributed by atoms with Crippen molar-refractivity contribution < 1.29 is 9.53 Å². The average molecular weight is 380 g/mol. The molecule has 1 unspecified atom stereocenters. The van der Waals surface area contributed by atoms with E-state index in [1.165, 1.54) is 25.7 Å². The van der Waals surface area contributed by atoms with Gasteiger partial charge in [-0.1, -0.05) is 19.8 Å². The van der Waals surface area contributed by atoms with Gasteiger partial charge in [0, 0.05) is 35.1 Å². The molecule has 1 aliphatic carbocycles. The summed E-state index contributed by atoms with van der Waals surface area (Å²) in [6.07, 6.45) is 13.4. The molecule has 3 heterocycles. The fraction of sp³-hybridized carbons (Fsp3) is 0.500. The molecular formula is C22H28N4O2. The third-order valence-electron chi connectivity index (χ3n) is 5.74. The highest BCUT2D eigenvalue weighted by Crippen LogP contribution is 2.37. The van der Waals surface area contributed by atoms with Crippen molar-refractivity contribution in [3.05, 3.63) is 36.4 Å². The molecule has 28 heavy (non-hydrogen) atoms. The standard InChI is InChI=1S/C22H28N4O2/c1-4-19(15-7-5-6-8-15)26-13-16(11-25-26)20-17-9-10-23-21(17)24-12-18(20)22(27)28-14(2)3/h9-15,19H,4-8H2,1-3H3,(H,23,24). The molecule has 0 amide bonds. The van der Waals surface area contributed by atoms with Crippen LogP contribution in [0.1, 0.15) is 69.3 Å². The van der Waals surface area contributed by atoms with Crippen LogP contribution in [-0.2, 0) is 4.74 Å². The van der Waals surface area contributed by atoms with Gasteiger partial charge < -0.3 is 9.72 Å². The Balaban J connectivity index is 1.77. The molecule has 0 aromatic carbocycles. The van der Waals surface area contributed by atoms with Crippen LogP contribution in [0.2, 0.25) is 0 Å². The van der Waals surface area contributed by atoms with Gasteiger partial charge in [-0.15, -0.1) is 0 Å². The molecule has 0 radical (unpaired) electrons. The van der Waals surface area contributed by atoms with Crippen molar-refractivity contribution >= 4 is 17.0 Å². The second-order valence-corrected chi connectivity index (χ2v) is 7.97. The number of H-pyrrole nitrogens is 1. The van der Waals surface area contributed by atoms with E-state index in [0.29, 0.717) is 17.5 Å². The van der Waals surface area contributed by atoms with Crippen molar-refractivity contribution in [1.82, 2.24) is 19.7 Å². The van der Waals surface area contributed by atoms with Gasteiger partial charge in [0.05, 0.1) is 23.9 Å². The zero-order valence-electron chi connectivity index (χ0n) is 16.8. The Hall–Kier alpha value is -2.63.